The molecule has 2 saturated carbocycles. The normalized spacial score (nSPS) is 33.1. The summed E-state index contributed by atoms with van der Waals surface area (Å²) >= 11 is 0. The highest BCUT2D eigenvalue weighted by atomic mass is 16.5. The van der Waals surface area contributed by atoms with Crippen molar-refractivity contribution in [2.75, 3.05) is 6.54 Å². The number of fused-ring (bicyclic) bond motifs is 1. The molecule has 5 rings (SSSR count). The van der Waals surface area contributed by atoms with E-state index in [0.29, 0.717) is 24.4 Å². The third-order valence-corrected chi connectivity index (χ3v) is 7.90. The smallest absolute Gasteiger partial charge is 0.255 e. The van der Waals surface area contributed by atoms with Crippen molar-refractivity contribution in [3.8, 4) is 11.8 Å². The maximum Gasteiger partial charge on any atom is 0.255 e. The van der Waals surface area contributed by atoms with Crippen LogP contribution in [0.5, 0.6) is 5.75 Å². The van der Waals surface area contributed by atoms with E-state index < -0.39 is 11.9 Å². The van der Waals surface area contributed by atoms with Crippen LogP contribution in [0.1, 0.15) is 74.2 Å². The van der Waals surface area contributed by atoms with Gasteiger partial charge in [0.05, 0.1) is 11.5 Å². The largest absolute Gasteiger partial charge is 0.489 e. The van der Waals surface area contributed by atoms with Crippen molar-refractivity contribution >= 4 is 17.7 Å². The first kappa shape index (κ1) is 22.9. The van der Waals surface area contributed by atoms with Gasteiger partial charge in [0.25, 0.3) is 5.91 Å². The standard InChI is InChI=1S/C26H32N4O4/c1-26(15-27)11-16(12-26)13-28-20-4-2-3-5-22(20)34-18-6-7-19-17(10-18)14-30(25(19)33)21-8-9-23(31)29-24(21)32/h6-7,10,16,20-22,28H,2-5,8-9,11-14H2,1H3,(H,29,31,32)/t16?,20-,21?,22?,26?/m1/s1. The minimum Gasteiger partial charge on any atom is -0.489 e. The lowest BCUT2D eigenvalue weighted by Gasteiger charge is -2.41. The molecule has 1 aromatic carbocycles. The molecular formula is C26H32N4O4. The van der Waals surface area contributed by atoms with Gasteiger partial charge in [0.1, 0.15) is 17.9 Å². The van der Waals surface area contributed by atoms with Crippen LogP contribution >= 0.6 is 0 Å². The van der Waals surface area contributed by atoms with Gasteiger partial charge in [-0.2, -0.15) is 5.26 Å². The molecular weight excluding hydrogens is 432 g/mol. The van der Waals surface area contributed by atoms with Crippen LogP contribution in [-0.4, -0.2) is 47.4 Å². The zero-order valence-electron chi connectivity index (χ0n) is 19.6. The van der Waals surface area contributed by atoms with Crippen LogP contribution in [0.4, 0.5) is 0 Å². The van der Waals surface area contributed by atoms with E-state index in [1.54, 1.807) is 11.0 Å². The Bertz CT molecular complexity index is 1040. The summed E-state index contributed by atoms with van der Waals surface area (Å²) in [5.74, 6) is 0.449. The van der Waals surface area contributed by atoms with Gasteiger partial charge in [0.2, 0.25) is 11.8 Å². The highest BCUT2D eigenvalue weighted by Gasteiger charge is 2.41. The van der Waals surface area contributed by atoms with Crippen molar-refractivity contribution in [1.29, 1.82) is 5.26 Å². The van der Waals surface area contributed by atoms with Gasteiger partial charge in [0.15, 0.2) is 0 Å². The summed E-state index contributed by atoms with van der Waals surface area (Å²) in [5, 5.41) is 15.3. The fraction of sp³-hybridized carbons (Fsp3) is 0.615. The number of benzene rings is 1. The van der Waals surface area contributed by atoms with Gasteiger partial charge in [-0.3, -0.25) is 19.7 Å². The molecule has 34 heavy (non-hydrogen) atoms. The molecule has 2 heterocycles. The number of ether oxygens (including phenoxy) is 1. The number of hydrogen-bond acceptors (Lipinski definition) is 6. The van der Waals surface area contributed by atoms with Crippen molar-refractivity contribution in [2.45, 2.75) is 83.0 Å². The second kappa shape index (κ2) is 9.03. The van der Waals surface area contributed by atoms with Gasteiger partial charge in [0, 0.05) is 24.6 Å². The number of rotatable bonds is 6. The number of hydrogen-bond donors (Lipinski definition) is 2. The predicted molar refractivity (Wildman–Crippen MR) is 124 cm³/mol. The summed E-state index contributed by atoms with van der Waals surface area (Å²) < 4.78 is 6.42. The summed E-state index contributed by atoms with van der Waals surface area (Å²) in [4.78, 5) is 38.2. The molecule has 2 aliphatic carbocycles. The lowest BCUT2D eigenvalue weighted by molar-refractivity contribution is -0.136. The van der Waals surface area contributed by atoms with E-state index in [0.717, 1.165) is 50.0 Å². The quantitative estimate of drug-likeness (QED) is 0.626. The van der Waals surface area contributed by atoms with Crippen LogP contribution in [-0.2, 0) is 16.1 Å². The molecule has 4 aliphatic rings. The van der Waals surface area contributed by atoms with Crippen LogP contribution in [0.25, 0.3) is 0 Å². The molecule has 1 saturated heterocycles. The number of imide groups is 1. The molecule has 2 unspecified atom stereocenters. The van der Waals surface area contributed by atoms with Crippen LogP contribution in [0.2, 0.25) is 0 Å². The van der Waals surface area contributed by atoms with E-state index in [4.69, 9.17) is 4.74 Å². The van der Waals surface area contributed by atoms with Gasteiger partial charge >= 0.3 is 0 Å². The fourth-order valence-corrected chi connectivity index (χ4v) is 6.04. The molecule has 0 aromatic heterocycles. The molecule has 0 bridgehead atoms. The molecule has 3 atom stereocenters. The molecule has 0 spiro atoms. The fourth-order valence-electron chi connectivity index (χ4n) is 6.04. The van der Waals surface area contributed by atoms with Crippen molar-refractivity contribution < 1.29 is 19.1 Å². The number of nitrogens with zero attached hydrogens (tertiary/aromatic N) is 2. The Hall–Kier alpha value is -2.92. The first-order valence-corrected chi connectivity index (χ1v) is 12.4. The van der Waals surface area contributed by atoms with Crippen molar-refractivity contribution in [1.82, 2.24) is 15.5 Å². The Morgan fingerprint density at radius 2 is 2.00 bits per heavy atom. The average Bonchev–Trinajstić information content (AvgIpc) is 3.12. The molecule has 3 fully saturated rings. The highest BCUT2D eigenvalue weighted by Crippen LogP contribution is 2.44. The average molecular weight is 465 g/mol. The van der Waals surface area contributed by atoms with E-state index in [1.807, 2.05) is 19.1 Å². The van der Waals surface area contributed by atoms with E-state index in [1.165, 1.54) is 6.42 Å². The molecule has 0 radical (unpaired) electrons. The number of nitrogens with one attached hydrogen (secondary N) is 2. The summed E-state index contributed by atoms with van der Waals surface area (Å²) in [6, 6.07) is 7.66. The van der Waals surface area contributed by atoms with Gasteiger partial charge < -0.3 is 15.0 Å². The first-order chi connectivity index (χ1) is 16.3. The minimum absolute atomic E-state index is 0.0672. The van der Waals surface area contributed by atoms with E-state index >= 15 is 0 Å². The van der Waals surface area contributed by atoms with E-state index in [9.17, 15) is 19.6 Å². The Labute approximate surface area is 200 Å². The zero-order chi connectivity index (χ0) is 23.9. The number of carbonyl (C=O) groups is 3. The van der Waals surface area contributed by atoms with Crippen molar-refractivity contribution in [3.63, 3.8) is 0 Å². The molecule has 1 aromatic rings. The zero-order valence-corrected chi connectivity index (χ0v) is 19.6. The summed E-state index contributed by atoms with van der Waals surface area (Å²) in [6.07, 6.45) is 6.95. The molecule has 180 valence electrons. The molecule has 8 heteroatoms. The summed E-state index contributed by atoms with van der Waals surface area (Å²) in [6.45, 7) is 3.31. The number of piperidine rings is 1. The van der Waals surface area contributed by atoms with Crippen LogP contribution in [0.3, 0.4) is 0 Å². The number of amides is 3. The van der Waals surface area contributed by atoms with Crippen LogP contribution < -0.4 is 15.4 Å². The van der Waals surface area contributed by atoms with Crippen LogP contribution in [0, 0.1) is 22.7 Å². The molecule has 2 N–H and O–H groups in total. The van der Waals surface area contributed by atoms with Crippen molar-refractivity contribution in [3.05, 3.63) is 29.3 Å². The first-order valence-electron chi connectivity index (χ1n) is 12.4. The van der Waals surface area contributed by atoms with Gasteiger partial charge in [-0.15, -0.1) is 0 Å². The second-order valence-corrected chi connectivity index (χ2v) is 10.6. The van der Waals surface area contributed by atoms with Gasteiger partial charge in [-0.25, -0.2) is 0 Å². The Morgan fingerprint density at radius 3 is 2.76 bits per heavy atom. The third kappa shape index (κ3) is 4.41. The number of nitriles is 1. The lowest BCUT2D eigenvalue weighted by atomic mass is 9.64. The Morgan fingerprint density at radius 1 is 1.21 bits per heavy atom. The monoisotopic (exact) mass is 464 g/mol. The summed E-state index contributed by atoms with van der Waals surface area (Å²) in [5.41, 5.74) is 1.30. The topological polar surface area (TPSA) is 112 Å². The van der Waals surface area contributed by atoms with E-state index in [2.05, 4.69) is 16.7 Å². The maximum atomic E-state index is 12.9. The second-order valence-electron chi connectivity index (χ2n) is 10.6. The Balaban J connectivity index is 1.21. The summed E-state index contributed by atoms with van der Waals surface area (Å²) in [7, 11) is 0. The SMILES string of the molecule is CC1(C#N)CC(CN[C@@H]2CCCCC2Oc2ccc3c(c2)CN(C2CCC(=O)NC2=O)C3=O)C1. The number of carbonyl (C=O) groups excluding carboxylic acids is 3. The molecule has 3 amide bonds. The predicted octanol–water partition coefficient (Wildman–Crippen LogP) is 2.67. The third-order valence-electron chi connectivity index (χ3n) is 7.90. The van der Waals surface area contributed by atoms with Gasteiger partial charge in [-0.1, -0.05) is 6.42 Å². The maximum absolute atomic E-state index is 12.9. The van der Waals surface area contributed by atoms with Crippen LogP contribution in [0.15, 0.2) is 18.2 Å². The minimum atomic E-state index is -0.608. The molecule has 2 aliphatic heterocycles. The van der Waals surface area contributed by atoms with Gasteiger partial charge in [-0.05, 0) is 81.7 Å². The van der Waals surface area contributed by atoms with Crippen molar-refractivity contribution in [2.24, 2.45) is 11.3 Å². The van der Waals surface area contributed by atoms with E-state index in [-0.39, 0.29) is 35.8 Å². The lowest BCUT2D eigenvalue weighted by Crippen LogP contribution is -2.52. The Kier molecular flexibility index (Phi) is 6.07. The molecule has 8 nitrogen and oxygen atoms in total. The highest BCUT2D eigenvalue weighted by molar-refractivity contribution is 6.05.